The number of nitrogens with zero attached hydrogens (tertiary/aromatic N) is 2. The summed E-state index contributed by atoms with van der Waals surface area (Å²) in [5, 5.41) is 9.08. The van der Waals surface area contributed by atoms with Gasteiger partial charge in [-0.25, -0.2) is 9.78 Å². The summed E-state index contributed by atoms with van der Waals surface area (Å²) in [7, 11) is 1.95. The van der Waals surface area contributed by atoms with E-state index in [1.165, 1.54) is 0 Å². The van der Waals surface area contributed by atoms with Gasteiger partial charge in [0.1, 0.15) is 5.82 Å². The highest BCUT2D eigenvalue weighted by Crippen LogP contribution is 2.16. The lowest BCUT2D eigenvalue weighted by atomic mass is 10.1. The molecule has 0 unspecified atom stereocenters. The number of hydrogen-bond donors (Lipinski definition) is 1. The Hall–Kier alpha value is -1.58. The van der Waals surface area contributed by atoms with Crippen LogP contribution in [0.1, 0.15) is 43.2 Å². The largest absolute Gasteiger partial charge is 0.478 e. The molecule has 0 amide bonds. The van der Waals surface area contributed by atoms with Gasteiger partial charge in [0.05, 0.1) is 5.56 Å². The first-order valence-electron chi connectivity index (χ1n) is 6.39. The highest BCUT2D eigenvalue weighted by atomic mass is 16.4. The first-order chi connectivity index (χ1) is 8.43. The van der Waals surface area contributed by atoms with Crippen LogP contribution in [0.25, 0.3) is 0 Å². The maximum atomic E-state index is 11.1. The fourth-order valence-corrected chi connectivity index (χ4v) is 1.64. The number of aromatic nitrogens is 1. The van der Waals surface area contributed by atoms with Crippen LogP contribution in [-0.2, 0) is 6.42 Å². The molecule has 1 rings (SSSR count). The summed E-state index contributed by atoms with van der Waals surface area (Å²) in [6.45, 7) is 7.21. The molecule has 100 valence electrons. The van der Waals surface area contributed by atoms with Crippen LogP contribution in [0.3, 0.4) is 0 Å². The number of carbonyl (C=O) groups is 1. The van der Waals surface area contributed by atoms with Gasteiger partial charge in [0.2, 0.25) is 0 Å². The first-order valence-corrected chi connectivity index (χ1v) is 6.39. The maximum Gasteiger partial charge on any atom is 0.335 e. The Bertz CT molecular complexity index is 416. The van der Waals surface area contributed by atoms with Crippen molar-refractivity contribution in [2.24, 2.45) is 5.92 Å². The summed E-state index contributed by atoms with van der Waals surface area (Å²) in [4.78, 5) is 17.6. The molecule has 18 heavy (non-hydrogen) atoms. The van der Waals surface area contributed by atoms with Gasteiger partial charge in [0, 0.05) is 19.3 Å². The number of carboxylic acid groups (broad SMARTS) is 1. The third-order valence-corrected chi connectivity index (χ3v) is 2.91. The zero-order valence-electron chi connectivity index (χ0n) is 11.6. The van der Waals surface area contributed by atoms with Crippen LogP contribution < -0.4 is 4.90 Å². The second kappa shape index (κ2) is 6.38. The normalized spacial score (nSPS) is 10.7. The Morgan fingerprint density at radius 3 is 2.61 bits per heavy atom. The number of pyridine rings is 1. The molecule has 4 heteroatoms. The quantitative estimate of drug-likeness (QED) is 0.843. The fraction of sp³-hybridized carbons (Fsp3) is 0.571. The second-order valence-corrected chi connectivity index (χ2v) is 4.97. The van der Waals surface area contributed by atoms with Gasteiger partial charge < -0.3 is 10.0 Å². The highest BCUT2D eigenvalue weighted by molar-refractivity contribution is 5.88. The third-order valence-electron chi connectivity index (χ3n) is 2.91. The van der Waals surface area contributed by atoms with Gasteiger partial charge in [-0.1, -0.05) is 20.8 Å². The number of aryl methyl sites for hydroxylation is 1. The zero-order chi connectivity index (χ0) is 13.7. The molecule has 0 saturated heterocycles. The van der Waals surface area contributed by atoms with Gasteiger partial charge in [-0.15, -0.1) is 0 Å². The monoisotopic (exact) mass is 250 g/mol. The van der Waals surface area contributed by atoms with Gasteiger partial charge >= 0.3 is 5.97 Å². The topological polar surface area (TPSA) is 53.4 Å². The van der Waals surface area contributed by atoms with Gasteiger partial charge in [0.25, 0.3) is 0 Å². The van der Waals surface area contributed by atoms with E-state index in [0.717, 1.165) is 30.9 Å². The Kier molecular flexibility index (Phi) is 5.13. The molecule has 0 aliphatic heterocycles. The molecule has 0 bridgehead atoms. The zero-order valence-corrected chi connectivity index (χ0v) is 11.6. The summed E-state index contributed by atoms with van der Waals surface area (Å²) >= 11 is 0. The van der Waals surface area contributed by atoms with Gasteiger partial charge in [-0.3, -0.25) is 0 Å². The molecular weight excluding hydrogens is 228 g/mol. The molecule has 0 saturated carbocycles. The summed E-state index contributed by atoms with van der Waals surface area (Å²) in [6.07, 6.45) is 1.81. The molecule has 1 aromatic rings. The minimum absolute atomic E-state index is 0.313. The lowest BCUT2D eigenvalue weighted by molar-refractivity contribution is 0.0696. The molecule has 1 N–H and O–H groups in total. The molecule has 0 atom stereocenters. The van der Waals surface area contributed by atoms with Crippen molar-refractivity contribution in [1.82, 2.24) is 4.98 Å². The summed E-state index contributed by atoms with van der Waals surface area (Å²) in [6, 6.07) is 3.28. The van der Waals surface area contributed by atoms with Crippen molar-refractivity contribution in [3.05, 3.63) is 23.4 Å². The van der Waals surface area contributed by atoms with Crippen molar-refractivity contribution in [2.45, 2.75) is 33.6 Å². The number of carboxylic acids is 1. The Morgan fingerprint density at radius 1 is 1.44 bits per heavy atom. The predicted octanol–water partition coefficient (Wildman–Crippen LogP) is 2.82. The van der Waals surface area contributed by atoms with E-state index in [4.69, 9.17) is 5.11 Å². The van der Waals surface area contributed by atoms with E-state index in [-0.39, 0.29) is 0 Å². The minimum atomic E-state index is -0.898. The highest BCUT2D eigenvalue weighted by Gasteiger charge is 2.11. The van der Waals surface area contributed by atoms with Crippen molar-refractivity contribution >= 4 is 11.8 Å². The van der Waals surface area contributed by atoms with E-state index in [2.05, 4.69) is 18.8 Å². The van der Waals surface area contributed by atoms with Crippen LogP contribution >= 0.6 is 0 Å². The smallest absolute Gasteiger partial charge is 0.335 e. The SMILES string of the molecule is CCc1cc(C(=O)O)cc(N(C)CCC(C)C)n1. The lowest BCUT2D eigenvalue weighted by Crippen LogP contribution is -2.22. The molecule has 1 aromatic heterocycles. The predicted molar refractivity (Wildman–Crippen MR) is 73.3 cm³/mol. The van der Waals surface area contributed by atoms with Gasteiger partial charge in [-0.2, -0.15) is 0 Å². The molecule has 0 fully saturated rings. The summed E-state index contributed by atoms with van der Waals surface area (Å²) in [5.41, 5.74) is 1.13. The van der Waals surface area contributed by atoms with Crippen molar-refractivity contribution in [1.29, 1.82) is 0 Å². The van der Waals surface area contributed by atoms with Crippen LogP contribution in [-0.4, -0.2) is 29.7 Å². The second-order valence-electron chi connectivity index (χ2n) is 4.97. The molecule has 4 nitrogen and oxygen atoms in total. The van der Waals surface area contributed by atoms with Crippen LogP contribution in [0, 0.1) is 5.92 Å². The summed E-state index contributed by atoms with van der Waals surface area (Å²) in [5.74, 6) is 0.471. The van der Waals surface area contributed by atoms with E-state index < -0.39 is 5.97 Å². The Labute approximate surface area is 109 Å². The Balaban J connectivity index is 2.93. The molecule has 1 heterocycles. The van der Waals surface area contributed by atoms with E-state index in [9.17, 15) is 4.79 Å². The molecular formula is C14H22N2O2. The lowest BCUT2D eigenvalue weighted by Gasteiger charge is -2.20. The van der Waals surface area contributed by atoms with Gasteiger partial charge in [0.15, 0.2) is 0 Å². The minimum Gasteiger partial charge on any atom is -0.478 e. The van der Waals surface area contributed by atoms with Crippen LogP contribution in [0.15, 0.2) is 12.1 Å². The number of anilines is 1. The van der Waals surface area contributed by atoms with Crippen molar-refractivity contribution < 1.29 is 9.90 Å². The molecule has 0 spiro atoms. The van der Waals surface area contributed by atoms with E-state index in [1.54, 1.807) is 12.1 Å². The van der Waals surface area contributed by atoms with Crippen LogP contribution in [0.4, 0.5) is 5.82 Å². The van der Waals surface area contributed by atoms with Crippen molar-refractivity contribution in [2.75, 3.05) is 18.5 Å². The number of aromatic carboxylic acids is 1. The third kappa shape index (κ3) is 4.02. The van der Waals surface area contributed by atoms with Crippen LogP contribution in [0.2, 0.25) is 0 Å². The Morgan fingerprint density at radius 2 is 2.11 bits per heavy atom. The molecule has 0 radical (unpaired) electrons. The van der Waals surface area contributed by atoms with Crippen molar-refractivity contribution in [3.8, 4) is 0 Å². The fourth-order valence-electron chi connectivity index (χ4n) is 1.64. The van der Waals surface area contributed by atoms with Gasteiger partial charge in [-0.05, 0) is 30.9 Å². The maximum absolute atomic E-state index is 11.1. The average molecular weight is 250 g/mol. The average Bonchev–Trinajstić information content (AvgIpc) is 2.35. The van der Waals surface area contributed by atoms with E-state index in [1.807, 2.05) is 18.9 Å². The first kappa shape index (κ1) is 14.5. The van der Waals surface area contributed by atoms with Crippen LogP contribution in [0.5, 0.6) is 0 Å². The standard InChI is InChI=1S/C14H22N2O2/c1-5-12-8-11(14(17)18)9-13(15-12)16(4)7-6-10(2)3/h8-10H,5-7H2,1-4H3,(H,17,18). The van der Waals surface area contributed by atoms with Crippen molar-refractivity contribution in [3.63, 3.8) is 0 Å². The molecule has 0 aromatic carbocycles. The van der Waals surface area contributed by atoms with E-state index >= 15 is 0 Å². The van der Waals surface area contributed by atoms with E-state index in [0.29, 0.717) is 11.5 Å². The molecule has 0 aliphatic carbocycles. The summed E-state index contributed by atoms with van der Waals surface area (Å²) < 4.78 is 0. The molecule has 0 aliphatic rings. The number of rotatable bonds is 6. The number of hydrogen-bond acceptors (Lipinski definition) is 3.